The van der Waals surface area contributed by atoms with Crippen molar-refractivity contribution in [2.75, 3.05) is 0 Å². The lowest BCUT2D eigenvalue weighted by Crippen LogP contribution is -2.28. The van der Waals surface area contributed by atoms with E-state index in [1.165, 1.54) is 13.0 Å². The van der Waals surface area contributed by atoms with E-state index in [2.05, 4.69) is 4.18 Å². The molecule has 0 saturated heterocycles. The van der Waals surface area contributed by atoms with Gasteiger partial charge < -0.3 is 14.0 Å². The summed E-state index contributed by atoms with van der Waals surface area (Å²) in [5.41, 5.74) is -5.67. The Labute approximate surface area is 146 Å². The Morgan fingerprint density at radius 2 is 1.77 bits per heavy atom. The minimum absolute atomic E-state index is 0.0181. The number of ether oxygens (including phenoxy) is 1. The number of carbonyl (C=O) groups is 1. The van der Waals surface area contributed by atoms with E-state index in [1.807, 2.05) is 0 Å². The zero-order valence-corrected chi connectivity index (χ0v) is 14.1. The number of aryl methyl sites for hydroxylation is 1. The molecular weight excluding hydrogens is 377 g/mol. The van der Waals surface area contributed by atoms with Gasteiger partial charge in [-0.25, -0.2) is 4.79 Å². The molecule has 0 atom stereocenters. The van der Waals surface area contributed by atoms with Gasteiger partial charge in [-0.2, -0.15) is 21.6 Å². The molecule has 0 heterocycles. The number of hydrogen-bond donors (Lipinski definition) is 1. The van der Waals surface area contributed by atoms with E-state index in [0.717, 1.165) is 11.6 Å². The monoisotopic (exact) mass is 390 g/mol. The molecule has 0 bridgehead atoms. The molecule has 0 unspecified atom stereocenters. The number of alkyl halides is 3. The highest BCUT2D eigenvalue weighted by atomic mass is 32.2. The highest BCUT2D eigenvalue weighted by Gasteiger charge is 2.49. The standard InChI is InChI=1S/C16H13F3O6S/c1-10-7-12(24-9-11-5-3-2-4-6-11)8-13(14(10)15(20)21)25-26(22,23)16(17,18)19/h2-8H,9H2,1H3,(H,20,21). The van der Waals surface area contributed by atoms with E-state index in [-0.39, 0.29) is 17.9 Å². The highest BCUT2D eigenvalue weighted by Crippen LogP contribution is 2.33. The summed E-state index contributed by atoms with van der Waals surface area (Å²) >= 11 is 0. The fraction of sp³-hybridized carbons (Fsp3) is 0.188. The molecule has 0 aliphatic carbocycles. The van der Waals surface area contributed by atoms with Crippen molar-refractivity contribution >= 4 is 16.1 Å². The van der Waals surface area contributed by atoms with Gasteiger partial charge in [-0.15, -0.1) is 0 Å². The largest absolute Gasteiger partial charge is 0.534 e. The fourth-order valence-corrected chi connectivity index (χ4v) is 2.51. The summed E-state index contributed by atoms with van der Waals surface area (Å²) in [4.78, 5) is 11.3. The first-order valence-corrected chi connectivity index (χ1v) is 8.47. The van der Waals surface area contributed by atoms with Crippen LogP contribution in [0.5, 0.6) is 11.5 Å². The van der Waals surface area contributed by atoms with Crippen LogP contribution in [-0.4, -0.2) is 25.0 Å². The third-order valence-electron chi connectivity index (χ3n) is 3.22. The summed E-state index contributed by atoms with van der Waals surface area (Å²) in [7, 11) is -6.03. The number of halogens is 3. The molecule has 0 fully saturated rings. The summed E-state index contributed by atoms with van der Waals surface area (Å²) in [6.07, 6.45) is 0. The maximum atomic E-state index is 12.5. The van der Waals surface area contributed by atoms with E-state index in [9.17, 15) is 26.4 Å². The second kappa shape index (κ2) is 7.24. The topological polar surface area (TPSA) is 89.9 Å². The van der Waals surface area contributed by atoms with Gasteiger partial charge in [0.25, 0.3) is 0 Å². The normalized spacial score (nSPS) is 11.8. The van der Waals surface area contributed by atoms with Crippen molar-refractivity contribution in [1.29, 1.82) is 0 Å². The van der Waals surface area contributed by atoms with Gasteiger partial charge >= 0.3 is 21.6 Å². The van der Waals surface area contributed by atoms with Crippen molar-refractivity contribution < 1.29 is 40.4 Å². The van der Waals surface area contributed by atoms with Gasteiger partial charge in [-0.05, 0) is 24.1 Å². The van der Waals surface area contributed by atoms with E-state index in [1.54, 1.807) is 30.3 Å². The number of rotatable bonds is 6. The van der Waals surface area contributed by atoms with Gasteiger partial charge in [0.15, 0.2) is 5.75 Å². The Hall–Kier alpha value is -2.75. The molecule has 0 amide bonds. The van der Waals surface area contributed by atoms with Crippen LogP contribution in [0.15, 0.2) is 42.5 Å². The van der Waals surface area contributed by atoms with Crippen LogP contribution in [0, 0.1) is 6.92 Å². The quantitative estimate of drug-likeness (QED) is 0.600. The maximum absolute atomic E-state index is 12.5. The number of aromatic carboxylic acids is 1. The second-order valence-corrected chi connectivity index (χ2v) is 6.71. The fourth-order valence-electron chi connectivity index (χ4n) is 2.05. The van der Waals surface area contributed by atoms with Crippen LogP contribution in [0.4, 0.5) is 13.2 Å². The van der Waals surface area contributed by atoms with Crippen LogP contribution >= 0.6 is 0 Å². The van der Waals surface area contributed by atoms with Crippen molar-refractivity contribution in [1.82, 2.24) is 0 Å². The summed E-state index contributed by atoms with van der Waals surface area (Å²) < 4.78 is 69.4. The van der Waals surface area contributed by atoms with Crippen molar-refractivity contribution in [2.24, 2.45) is 0 Å². The van der Waals surface area contributed by atoms with Crippen molar-refractivity contribution in [3.05, 3.63) is 59.2 Å². The molecule has 26 heavy (non-hydrogen) atoms. The van der Waals surface area contributed by atoms with Gasteiger partial charge in [0, 0.05) is 6.07 Å². The second-order valence-electron chi connectivity index (χ2n) is 5.18. The van der Waals surface area contributed by atoms with Crippen LogP contribution in [0.2, 0.25) is 0 Å². The number of carboxylic acid groups (broad SMARTS) is 1. The van der Waals surface area contributed by atoms with Crippen LogP contribution in [0.3, 0.4) is 0 Å². The van der Waals surface area contributed by atoms with E-state index in [0.29, 0.717) is 0 Å². The minimum Gasteiger partial charge on any atom is -0.489 e. The molecule has 0 aromatic heterocycles. The Bertz CT molecular complexity index is 908. The third-order valence-corrected chi connectivity index (χ3v) is 4.18. The maximum Gasteiger partial charge on any atom is 0.534 e. The smallest absolute Gasteiger partial charge is 0.489 e. The predicted octanol–water partition coefficient (Wildman–Crippen LogP) is 3.50. The third kappa shape index (κ3) is 4.45. The first kappa shape index (κ1) is 19.6. The van der Waals surface area contributed by atoms with E-state index >= 15 is 0 Å². The van der Waals surface area contributed by atoms with Crippen molar-refractivity contribution in [2.45, 2.75) is 19.0 Å². The van der Waals surface area contributed by atoms with Gasteiger partial charge in [0.05, 0.1) is 0 Å². The number of hydrogen-bond acceptors (Lipinski definition) is 5. The first-order valence-electron chi connectivity index (χ1n) is 7.06. The van der Waals surface area contributed by atoms with Crippen LogP contribution < -0.4 is 8.92 Å². The molecule has 2 aromatic carbocycles. The lowest BCUT2D eigenvalue weighted by molar-refractivity contribution is -0.0500. The highest BCUT2D eigenvalue weighted by molar-refractivity contribution is 7.88. The molecule has 0 radical (unpaired) electrons. The SMILES string of the molecule is Cc1cc(OCc2ccccc2)cc(OS(=O)(=O)C(F)(F)F)c1C(=O)O. The Morgan fingerprint density at radius 3 is 2.31 bits per heavy atom. The summed E-state index contributed by atoms with van der Waals surface area (Å²) in [5.74, 6) is -2.65. The van der Waals surface area contributed by atoms with Gasteiger partial charge in [-0.1, -0.05) is 30.3 Å². The molecule has 1 N–H and O–H groups in total. The van der Waals surface area contributed by atoms with Gasteiger partial charge in [0.1, 0.15) is 17.9 Å². The van der Waals surface area contributed by atoms with Gasteiger partial charge in [-0.3, -0.25) is 0 Å². The van der Waals surface area contributed by atoms with Gasteiger partial charge in [0.2, 0.25) is 0 Å². The van der Waals surface area contributed by atoms with E-state index in [4.69, 9.17) is 9.84 Å². The summed E-state index contributed by atoms with van der Waals surface area (Å²) in [5, 5.41) is 9.15. The van der Waals surface area contributed by atoms with Crippen LogP contribution in [0.25, 0.3) is 0 Å². The number of benzene rings is 2. The zero-order valence-electron chi connectivity index (χ0n) is 13.3. The average Bonchev–Trinajstić information content (AvgIpc) is 2.51. The molecule has 2 rings (SSSR count). The Morgan fingerprint density at radius 1 is 1.15 bits per heavy atom. The molecule has 0 spiro atoms. The molecular formula is C16H13F3O6S. The van der Waals surface area contributed by atoms with Crippen LogP contribution in [0.1, 0.15) is 21.5 Å². The average molecular weight is 390 g/mol. The lowest BCUT2D eigenvalue weighted by Gasteiger charge is -2.15. The first-order chi connectivity index (χ1) is 12.0. The predicted molar refractivity (Wildman–Crippen MR) is 84.5 cm³/mol. The Kier molecular flexibility index (Phi) is 5.45. The molecule has 10 heteroatoms. The molecule has 0 aliphatic rings. The lowest BCUT2D eigenvalue weighted by atomic mass is 10.1. The minimum atomic E-state index is -6.03. The molecule has 0 saturated carbocycles. The van der Waals surface area contributed by atoms with Crippen molar-refractivity contribution in [3.8, 4) is 11.5 Å². The Balaban J connectivity index is 2.38. The van der Waals surface area contributed by atoms with Crippen LogP contribution in [-0.2, 0) is 16.7 Å². The zero-order chi connectivity index (χ0) is 19.5. The number of carboxylic acids is 1. The molecule has 6 nitrogen and oxygen atoms in total. The van der Waals surface area contributed by atoms with E-state index < -0.39 is 32.9 Å². The molecule has 2 aromatic rings. The molecule has 0 aliphatic heterocycles. The summed E-state index contributed by atoms with van der Waals surface area (Å²) in [6.45, 7) is 1.32. The molecule has 140 valence electrons. The van der Waals surface area contributed by atoms with Crippen molar-refractivity contribution in [3.63, 3.8) is 0 Å². The summed E-state index contributed by atoms with van der Waals surface area (Å²) in [6, 6.07) is 10.8.